The number of nitrogens with zero attached hydrogens (tertiary/aromatic N) is 2. The molecule has 2 heterocycles. The molecule has 0 bridgehead atoms. The van der Waals surface area contributed by atoms with Crippen molar-refractivity contribution in [2.45, 2.75) is 32.4 Å². The van der Waals surface area contributed by atoms with E-state index in [2.05, 4.69) is 27.9 Å². The second-order valence-corrected chi connectivity index (χ2v) is 4.88. The lowest BCUT2D eigenvalue weighted by Gasteiger charge is -2.12. The van der Waals surface area contributed by atoms with Crippen LogP contribution in [0.15, 0.2) is 29.9 Å². The van der Waals surface area contributed by atoms with E-state index in [4.69, 9.17) is 5.73 Å². The lowest BCUT2D eigenvalue weighted by atomic mass is 10.2. The molecule has 0 aliphatic heterocycles. The van der Waals surface area contributed by atoms with E-state index in [0.717, 1.165) is 25.2 Å². The van der Waals surface area contributed by atoms with Gasteiger partial charge >= 0.3 is 0 Å². The summed E-state index contributed by atoms with van der Waals surface area (Å²) in [5.41, 5.74) is 6.05. The van der Waals surface area contributed by atoms with Crippen molar-refractivity contribution in [2.24, 2.45) is 5.73 Å². The van der Waals surface area contributed by atoms with Crippen LogP contribution in [-0.4, -0.2) is 15.6 Å². The predicted molar refractivity (Wildman–Crippen MR) is 68.4 cm³/mol. The third-order valence-electron chi connectivity index (χ3n) is 2.55. The van der Waals surface area contributed by atoms with Gasteiger partial charge in [-0.3, -0.25) is 0 Å². The van der Waals surface area contributed by atoms with Crippen molar-refractivity contribution in [1.82, 2.24) is 9.55 Å². The average Bonchev–Trinajstić information content (AvgIpc) is 2.86. The fourth-order valence-electron chi connectivity index (χ4n) is 1.80. The minimum atomic E-state index is 0.220. The molecule has 0 spiro atoms. The van der Waals surface area contributed by atoms with Crippen molar-refractivity contribution >= 4 is 11.3 Å². The summed E-state index contributed by atoms with van der Waals surface area (Å²) in [6.45, 7) is 3.01. The molecule has 0 amide bonds. The van der Waals surface area contributed by atoms with Crippen LogP contribution in [0.2, 0.25) is 0 Å². The Morgan fingerprint density at radius 1 is 1.56 bits per heavy atom. The fraction of sp³-hybridized carbons (Fsp3) is 0.417. The van der Waals surface area contributed by atoms with Crippen molar-refractivity contribution in [3.8, 4) is 10.7 Å². The van der Waals surface area contributed by atoms with E-state index >= 15 is 0 Å². The van der Waals surface area contributed by atoms with Crippen LogP contribution in [0, 0.1) is 0 Å². The second-order valence-electron chi connectivity index (χ2n) is 3.93. The molecule has 3 nitrogen and oxygen atoms in total. The fourth-order valence-corrected chi connectivity index (χ4v) is 2.54. The summed E-state index contributed by atoms with van der Waals surface area (Å²) in [7, 11) is 0. The van der Waals surface area contributed by atoms with Gasteiger partial charge in [-0.05, 0) is 17.9 Å². The number of nitrogens with two attached hydrogens (primary N) is 1. The summed E-state index contributed by atoms with van der Waals surface area (Å²) < 4.78 is 2.14. The van der Waals surface area contributed by atoms with Crippen molar-refractivity contribution in [3.05, 3.63) is 29.9 Å². The first kappa shape index (κ1) is 11.4. The lowest BCUT2D eigenvalue weighted by molar-refractivity contribution is 0.517. The zero-order chi connectivity index (χ0) is 11.4. The van der Waals surface area contributed by atoms with Crippen LogP contribution in [0.4, 0.5) is 0 Å². The number of hydrogen-bond acceptors (Lipinski definition) is 3. The first-order valence-corrected chi connectivity index (χ1v) is 6.49. The minimum absolute atomic E-state index is 0.220. The molecule has 0 aromatic carbocycles. The molecule has 0 radical (unpaired) electrons. The highest BCUT2D eigenvalue weighted by Crippen LogP contribution is 2.23. The number of thiophene rings is 1. The molecular weight excluding hydrogens is 218 g/mol. The van der Waals surface area contributed by atoms with Crippen LogP contribution >= 0.6 is 11.3 Å². The number of rotatable bonds is 5. The van der Waals surface area contributed by atoms with E-state index in [1.807, 2.05) is 18.5 Å². The highest BCUT2D eigenvalue weighted by molar-refractivity contribution is 7.13. The van der Waals surface area contributed by atoms with Crippen molar-refractivity contribution in [2.75, 3.05) is 0 Å². The van der Waals surface area contributed by atoms with Gasteiger partial charge in [0.15, 0.2) is 0 Å². The van der Waals surface area contributed by atoms with Crippen molar-refractivity contribution in [3.63, 3.8) is 0 Å². The average molecular weight is 235 g/mol. The zero-order valence-corrected chi connectivity index (χ0v) is 10.3. The van der Waals surface area contributed by atoms with Gasteiger partial charge in [-0.1, -0.05) is 19.4 Å². The molecule has 2 aromatic rings. The smallest absolute Gasteiger partial charge is 0.150 e. The van der Waals surface area contributed by atoms with Gasteiger partial charge in [0.05, 0.1) is 4.88 Å². The largest absolute Gasteiger partial charge is 0.329 e. The van der Waals surface area contributed by atoms with Gasteiger partial charge in [0.25, 0.3) is 0 Å². The lowest BCUT2D eigenvalue weighted by Crippen LogP contribution is -2.25. The normalized spacial score (nSPS) is 12.9. The van der Waals surface area contributed by atoms with Gasteiger partial charge in [-0.25, -0.2) is 4.98 Å². The predicted octanol–water partition coefficient (Wildman–Crippen LogP) is 2.74. The first-order chi connectivity index (χ1) is 7.81. The van der Waals surface area contributed by atoms with Crippen LogP contribution in [-0.2, 0) is 6.54 Å². The summed E-state index contributed by atoms with van der Waals surface area (Å²) >= 11 is 1.71. The molecule has 2 rings (SSSR count). The van der Waals surface area contributed by atoms with Gasteiger partial charge in [0.1, 0.15) is 5.82 Å². The molecule has 4 heteroatoms. The molecule has 0 aliphatic rings. The Bertz CT molecular complexity index is 419. The highest BCUT2D eigenvalue weighted by atomic mass is 32.1. The zero-order valence-electron chi connectivity index (χ0n) is 9.47. The van der Waals surface area contributed by atoms with E-state index in [1.165, 1.54) is 4.88 Å². The number of hydrogen-bond donors (Lipinski definition) is 1. The Labute approximate surface area is 99.9 Å². The van der Waals surface area contributed by atoms with E-state index in [1.54, 1.807) is 11.3 Å². The molecule has 86 valence electrons. The van der Waals surface area contributed by atoms with Gasteiger partial charge in [0.2, 0.25) is 0 Å². The molecule has 2 aromatic heterocycles. The molecular formula is C12H17N3S. The molecule has 1 atom stereocenters. The van der Waals surface area contributed by atoms with Crippen LogP contribution in [0.3, 0.4) is 0 Å². The molecule has 0 fully saturated rings. The van der Waals surface area contributed by atoms with E-state index < -0.39 is 0 Å². The van der Waals surface area contributed by atoms with Crippen LogP contribution in [0.25, 0.3) is 10.7 Å². The third kappa shape index (κ3) is 2.51. The summed E-state index contributed by atoms with van der Waals surface area (Å²) in [5.74, 6) is 1.03. The highest BCUT2D eigenvalue weighted by Gasteiger charge is 2.09. The number of imidazole rings is 1. The maximum atomic E-state index is 6.05. The van der Waals surface area contributed by atoms with Crippen molar-refractivity contribution in [1.29, 1.82) is 0 Å². The quantitative estimate of drug-likeness (QED) is 0.866. The second kappa shape index (κ2) is 5.27. The van der Waals surface area contributed by atoms with Gasteiger partial charge in [0, 0.05) is 25.0 Å². The first-order valence-electron chi connectivity index (χ1n) is 5.62. The van der Waals surface area contributed by atoms with Gasteiger partial charge in [-0.2, -0.15) is 0 Å². The van der Waals surface area contributed by atoms with E-state index in [0.29, 0.717) is 0 Å². The maximum absolute atomic E-state index is 6.05. The molecule has 0 saturated carbocycles. The Hall–Kier alpha value is -1.13. The molecule has 0 saturated heterocycles. The summed E-state index contributed by atoms with van der Waals surface area (Å²) in [6, 6.07) is 4.36. The monoisotopic (exact) mass is 235 g/mol. The number of aromatic nitrogens is 2. The molecule has 2 N–H and O–H groups in total. The molecule has 0 aliphatic carbocycles. The van der Waals surface area contributed by atoms with Crippen LogP contribution < -0.4 is 5.73 Å². The van der Waals surface area contributed by atoms with Crippen molar-refractivity contribution < 1.29 is 0 Å². The van der Waals surface area contributed by atoms with Gasteiger partial charge in [-0.15, -0.1) is 11.3 Å². The van der Waals surface area contributed by atoms with E-state index in [9.17, 15) is 0 Å². The topological polar surface area (TPSA) is 43.8 Å². The molecule has 1 unspecified atom stereocenters. The maximum Gasteiger partial charge on any atom is 0.150 e. The third-order valence-corrected chi connectivity index (χ3v) is 3.41. The van der Waals surface area contributed by atoms with E-state index in [-0.39, 0.29) is 6.04 Å². The summed E-state index contributed by atoms with van der Waals surface area (Å²) in [4.78, 5) is 5.59. The molecule has 16 heavy (non-hydrogen) atoms. The van der Waals surface area contributed by atoms with Crippen LogP contribution in [0.5, 0.6) is 0 Å². The Balaban J connectivity index is 2.14. The Morgan fingerprint density at radius 2 is 2.44 bits per heavy atom. The summed E-state index contributed by atoms with van der Waals surface area (Å²) in [5, 5.41) is 2.07. The minimum Gasteiger partial charge on any atom is -0.329 e. The van der Waals surface area contributed by atoms with Gasteiger partial charge < -0.3 is 10.3 Å². The SMILES string of the molecule is CCCC(N)Cn1ccnc1-c1cccs1. The standard InChI is InChI=1S/C12H17N3S/c1-2-4-10(13)9-15-7-6-14-12(15)11-5-3-8-16-11/h3,5-8,10H,2,4,9,13H2,1H3. The Morgan fingerprint density at radius 3 is 3.12 bits per heavy atom. The summed E-state index contributed by atoms with van der Waals surface area (Å²) in [6.07, 6.45) is 6.03. The Kier molecular flexibility index (Phi) is 3.74. The van der Waals surface area contributed by atoms with Crippen LogP contribution in [0.1, 0.15) is 19.8 Å².